The van der Waals surface area contributed by atoms with Crippen LogP contribution in [0.15, 0.2) is 18.2 Å². The fourth-order valence-electron chi connectivity index (χ4n) is 2.68. The highest BCUT2D eigenvalue weighted by Crippen LogP contribution is 2.31. The Morgan fingerprint density at radius 1 is 1.47 bits per heavy atom. The minimum Gasteiger partial charge on any atom is -0.392 e. The molecule has 1 aromatic rings. The number of Topliss-reactive ketones (excluding diaryl/α,β-unsaturated/α-hetero) is 1. The molecule has 2 rings (SSSR count). The van der Waals surface area contributed by atoms with E-state index in [2.05, 4.69) is 5.32 Å². The summed E-state index contributed by atoms with van der Waals surface area (Å²) >= 11 is 11.8. The van der Waals surface area contributed by atoms with Gasteiger partial charge in [-0.3, -0.25) is 4.79 Å². The molecule has 3 nitrogen and oxygen atoms in total. The lowest BCUT2D eigenvalue weighted by Gasteiger charge is -2.27. The Labute approximate surface area is 122 Å². The van der Waals surface area contributed by atoms with Crippen LogP contribution in [0, 0.1) is 0 Å². The molecule has 0 radical (unpaired) electrons. The van der Waals surface area contributed by atoms with Gasteiger partial charge >= 0.3 is 0 Å². The zero-order valence-corrected chi connectivity index (χ0v) is 12.3. The summed E-state index contributed by atoms with van der Waals surface area (Å²) in [6, 6.07) is 4.90. The van der Waals surface area contributed by atoms with Gasteiger partial charge in [0.25, 0.3) is 0 Å². The predicted molar refractivity (Wildman–Crippen MR) is 77.1 cm³/mol. The quantitative estimate of drug-likeness (QED) is 0.840. The number of aliphatic hydroxyl groups is 1. The van der Waals surface area contributed by atoms with E-state index in [4.69, 9.17) is 23.2 Å². The monoisotopic (exact) mass is 301 g/mol. The lowest BCUT2D eigenvalue weighted by molar-refractivity contribution is 0.0837. The highest BCUT2D eigenvalue weighted by atomic mass is 35.5. The number of rotatable bonds is 4. The molecule has 104 valence electrons. The second-order valence-corrected chi connectivity index (χ2v) is 5.84. The van der Waals surface area contributed by atoms with E-state index >= 15 is 0 Å². The van der Waals surface area contributed by atoms with Gasteiger partial charge in [-0.15, -0.1) is 0 Å². The van der Waals surface area contributed by atoms with Gasteiger partial charge in [-0.2, -0.15) is 0 Å². The topological polar surface area (TPSA) is 49.3 Å². The molecule has 0 aromatic heterocycles. The number of carbonyl (C=O) groups excluding carboxylic acids is 1. The summed E-state index contributed by atoms with van der Waals surface area (Å²) in [5.41, 5.74) is -0.143. The Bertz CT molecular complexity index is 488. The second-order valence-electron chi connectivity index (χ2n) is 5.03. The van der Waals surface area contributed by atoms with Crippen molar-refractivity contribution < 1.29 is 9.90 Å². The lowest BCUT2D eigenvalue weighted by Crippen LogP contribution is -2.47. The molecule has 1 fully saturated rings. The summed E-state index contributed by atoms with van der Waals surface area (Å²) in [4.78, 5) is 12.7. The van der Waals surface area contributed by atoms with Gasteiger partial charge in [0.15, 0.2) is 5.78 Å². The maximum absolute atomic E-state index is 12.7. The largest absolute Gasteiger partial charge is 0.392 e. The second kappa shape index (κ2) is 5.80. The van der Waals surface area contributed by atoms with Crippen LogP contribution in [0.25, 0.3) is 0 Å². The Morgan fingerprint density at radius 2 is 2.21 bits per heavy atom. The van der Waals surface area contributed by atoms with Gasteiger partial charge < -0.3 is 10.4 Å². The number of benzene rings is 1. The van der Waals surface area contributed by atoms with E-state index in [0.717, 1.165) is 6.42 Å². The van der Waals surface area contributed by atoms with Crippen LogP contribution in [0.4, 0.5) is 0 Å². The average Bonchev–Trinajstić information content (AvgIpc) is 2.75. The molecule has 1 saturated heterocycles. The summed E-state index contributed by atoms with van der Waals surface area (Å²) in [6.45, 7) is 2.48. The van der Waals surface area contributed by atoms with Crippen LogP contribution < -0.4 is 5.32 Å². The fraction of sp³-hybridized carbons (Fsp3) is 0.500. The van der Waals surface area contributed by atoms with Crippen molar-refractivity contribution >= 4 is 29.0 Å². The molecule has 0 aliphatic carbocycles. The molecule has 2 N–H and O–H groups in total. The van der Waals surface area contributed by atoms with Crippen LogP contribution in [0.2, 0.25) is 10.0 Å². The van der Waals surface area contributed by atoms with Gasteiger partial charge in [-0.25, -0.2) is 0 Å². The number of carbonyl (C=O) groups is 1. The van der Waals surface area contributed by atoms with Crippen molar-refractivity contribution in [2.45, 2.75) is 37.8 Å². The molecule has 1 heterocycles. The number of ketones is 1. The highest BCUT2D eigenvalue weighted by Gasteiger charge is 2.43. The van der Waals surface area contributed by atoms with E-state index in [-0.39, 0.29) is 5.78 Å². The number of nitrogens with one attached hydrogen (secondary N) is 1. The van der Waals surface area contributed by atoms with Crippen molar-refractivity contribution in [1.29, 1.82) is 0 Å². The van der Waals surface area contributed by atoms with Crippen LogP contribution >= 0.6 is 23.2 Å². The molecule has 0 saturated carbocycles. The third-order valence-corrected chi connectivity index (χ3v) is 4.29. The predicted octanol–water partition coefficient (Wildman–Crippen LogP) is 3.07. The van der Waals surface area contributed by atoms with Gasteiger partial charge in [-0.05, 0) is 24.6 Å². The Morgan fingerprint density at radius 3 is 2.74 bits per heavy atom. The van der Waals surface area contributed by atoms with E-state index in [1.807, 2.05) is 6.92 Å². The lowest BCUT2D eigenvalue weighted by atomic mass is 9.83. The van der Waals surface area contributed by atoms with Crippen molar-refractivity contribution in [2.24, 2.45) is 0 Å². The van der Waals surface area contributed by atoms with Crippen molar-refractivity contribution in [3.05, 3.63) is 33.8 Å². The number of β-amino-alcohol motifs (C(OH)–C–C–N with tert-alkyl or cyclic N) is 1. The van der Waals surface area contributed by atoms with Gasteiger partial charge in [0.1, 0.15) is 0 Å². The van der Waals surface area contributed by atoms with Gasteiger partial charge in [0, 0.05) is 18.5 Å². The third kappa shape index (κ3) is 2.95. The summed E-state index contributed by atoms with van der Waals surface area (Å²) in [5.74, 6) is -0.0236. The summed E-state index contributed by atoms with van der Waals surface area (Å²) in [6.07, 6.45) is 1.54. The number of aliphatic hydroxyl groups excluding tert-OH is 1. The Hall–Kier alpha value is -0.610. The first-order chi connectivity index (χ1) is 8.98. The van der Waals surface area contributed by atoms with E-state index in [9.17, 15) is 9.90 Å². The molecule has 1 aromatic carbocycles. The minimum absolute atomic E-state index is 0.0236. The SMILES string of the molecule is CCCC1(C(=O)c2ccc(Cl)c(Cl)c2)C[C@@H](O)CN1. The molecule has 19 heavy (non-hydrogen) atoms. The van der Waals surface area contributed by atoms with Crippen LogP contribution in [0.1, 0.15) is 36.5 Å². The first-order valence-corrected chi connectivity index (χ1v) is 7.17. The molecule has 0 amide bonds. The minimum atomic E-state index is -0.675. The van der Waals surface area contributed by atoms with E-state index < -0.39 is 11.6 Å². The van der Waals surface area contributed by atoms with Crippen molar-refractivity contribution in [3.63, 3.8) is 0 Å². The Balaban J connectivity index is 2.32. The molecule has 1 aliphatic rings. The maximum Gasteiger partial charge on any atom is 0.183 e. The number of hydrogen-bond donors (Lipinski definition) is 2. The summed E-state index contributed by atoms with van der Waals surface area (Å²) in [7, 11) is 0. The van der Waals surface area contributed by atoms with Crippen molar-refractivity contribution in [3.8, 4) is 0 Å². The van der Waals surface area contributed by atoms with Crippen LogP contribution in [-0.2, 0) is 0 Å². The number of hydrogen-bond acceptors (Lipinski definition) is 3. The van der Waals surface area contributed by atoms with Gasteiger partial charge in [-0.1, -0.05) is 36.5 Å². The maximum atomic E-state index is 12.7. The molecule has 0 spiro atoms. The molecule has 1 aliphatic heterocycles. The fourth-order valence-corrected chi connectivity index (χ4v) is 2.98. The molecule has 2 atom stereocenters. The van der Waals surface area contributed by atoms with Crippen molar-refractivity contribution in [1.82, 2.24) is 5.32 Å². The molecule has 0 bridgehead atoms. The van der Waals surface area contributed by atoms with Crippen molar-refractivity contribution in [2.75, 3.05) is 6.54 Å². The summed E-state index contributed by atoms with van der Waals surface area (Å²) in [5, 5.41) is 13.7. The molecular formula is C14H17Cl2NO2. The van der Waals surface area contributed by atoms with Gasteiger partial charge in [0.2, 0.25) is 0 Å². The standard InChI is InChI=1S/C14H17Cl2NO2/c1-2-5-14(7-10(18)8-17-14)13(19)9-3-4-11(15)12(16)6-9/h3-4,6,10,17-18H,2,5,7-8H2,1H3/t10-,14?/m1/s1. The molecular weight excluding hydrogens is 285 g/mol. The molecule has 5 heteroatoms. The van der Waals surface area contributed by atoms with Crippen LogP contribution in [0.3, 0.4) is 0 Å². The first-order valence-electron chi connectivity index (χ1n) is 6.41. The highest BCUT2D eigenvalue weighted by molar-refractivity contribution is 6.42. The normalized spacial score (nSPS) is 26.6. The first kappa shape index (κ1) is 14.8. The van der Waals surface area contributed by atoms with E-state index in [1.54, 1.807) is 18.2 Å². The Kier molecular flexibility index (Phi) is 4.51. The average molecular weight is 302 g/mol. The number of halogens is 2. The molecule has 1 unspecified atom stereocenters. The van der Waals surface area contributed by atoms with Crippen LogP contribution in [0.5, 0.6) is 0 Å². The van der Waals surface area contributed by atoms with E-state index in [0.29, 0.717) is 35.0 Å². The summed E-state index contributed by atoms with van der Waals surface area (Å²) < 4.78 is 0. The van der Waals surface area contributed by atoms with Crippen LogP contribution in [-0.4, -0.2) is 29.1 Å². The third-order valence-electron chi connectivity index (χ3n) is 3.55. The zero-order valence-electron chi connectivity index (χ0n) is 10.7. The van der Waals surface area contributed by atoms with Gasteiger partial charge in [0.05, 0.1) is 21.7 Å². The van der Waals surface area contributed by atoms with E-state index in [1.165, 1.54) is 0 Å². The zero-order chi connectivity index (χ0) is 14.0. The smallest absolute Gasteiger partial charge is 0.183 e.